The lowest BCUT2D eigenvalue weighted by molar-refractivity contribution is 0.0766. The van der Waals surface area contributed by atoms with E-state index in [2.05, 4.69) is 11.6 Å². The topological polar surface area (TPSA) is 63.4 Å². The average Bonchev–Trinajstić information content (AvgIpc) is 3.16. The fraction of sp³-hybridized carbons (Fsp3) is 0.500. The number of nitrogens with zero attached hydrogens (tertiary/aromatic N) is 2. The van der Waals surface area contributed by atoms with Crippen LogP contribution < -0.4 is 0 Å². The third-order valence-corrected chi connectivity index (χ3v) is 6.57. The van der Waals surface area contributed by atoms with Crippen molar-refractivity contribution >= 4 is 35.0 Å². The molecule has 1 fully saturated rings. The summed E-state index contributed by atoms with van der Waals surface area (Å²) in [6.07, 6.45) is 5.56. The predicted octanol–water partition coefficient (Wildman–Crippen LogP) is 5.33. The van der Waals surface area contributed by atoms with Crippen molar-refractivity contribution < 1.29 is 14.6 Å². The van der Waals surface area contributed by atoms with Crippen LogP contribution >= 0.6 is 23.4 Å². The molecule has 2 atom stereocenters. The summed E-state index contributed by atoms with van der Waals surface area (Å²) >= 11 is 7.65. The third kappa shape index (κ3) is 6.69. The number of halogens is 1. The molecule has 1 saturated heterocycles. The van der Waals surface area contributed by atoms with Crippen LogP contribution in [0, 0.1) is 5.92 Å². The first-order valence-electron chi connectivity index (χ1n) is 10.7. The molecule has 31 heavy (non-hydrogen) atoms. The first-order valence-corrected chi connectivity index (χ1v) is 11.9. The maximum absolute atomic E-state index is 10.4. The van der Waals surface area contributed by atoms with E-state index in [0.29, 0.717) is 17.3 Å². The van der Waals surface area contributed by atoms with Gasteiger partial charge in [-0.25, -0.2) is 4.99 Å². The number of benzene rings is 1. The highest BCUT2D eigenvalue weighted by atomic mass is 35.5. The van der Waals surface area contributed by atoms with Crippen molar-refractivity contribution in [1.82, 2.24) is 0 Å². The van der Waals surface area contributed by atoms with E-state index in [0.717, 1.165) is 42.4 Å². The Morgan fingerprint density at radius 2 is 1.97 bits per heavy atom. The zero-order valence-electron chi connectivity index (χ0n) is 18.4. The molecule has 0 aromatic heterocycles. The molecule has 0 amide bonds. The highest BCUT2D eigenvalue weighted by Crippen LogP contribution is 2.37. The Bertz CT molecular complexity index is 853. The van der Waals surface area contributed by atoms with E-state index in [4.69, 9.17) is 26.1 Å². The van der Waals surface area contributed by atoms with Crippen LogP contribution in [-0.4, -0.2) is 53.6 Å². The summed E-state index contributed by atoms with van der Waals surface area (Å²) in [7, 11) is 0. The lowest BCUT2D eigenvalue weighted by atomic mass is 10.00. The van der Waals surface area contributed by atoms with Crippen molar-refractivity contribution in [3.8, 4) is 0 Å². The summed E-state index contributed by atoms with van der Waals surface area (Å²) in [6.45, 7) is 11.7. The van der Waals surface area contributed by atoms with Gasteiger partial charge in [0.1, 0.15) is 11.6 Å². The van der Waals surface area contributed by atoms with Crippen molar-refractivity contribution in [3.05, 3.63) is 53.6 Å². The van der Waals surface area contributed by atoms with Gasteiger partial charge < -0.3 is 14.6 Å². The first kappa shape index (κ1) is 24.1. The lowest BCUT2D eigenvalue weighted by Gasteiger charge is -2.23. The molecule has 3 rings (SSSR count). The Morgan fingerprint density at radius 3 is 2.58 bits per heavy atom. The van der Waals surface area contributed by atoms with Crippen LogP contribution in [0.4, 0.5) is 0 Å². The Morgan fingerprint density at radius 1 is 1.29 bits per heavy atom. The molecule has 0 aliphatic carbocycles. The second-order valence-electron chi connectivity index (χ2n) is 8.18. The Hall–Kier alpha value is -1.60. The van der Waals surface area contributed by atoms with Gasteiger partial charge in [0.15, 0.2) is 11.3 Å². The highest BCUT2D eigenvalue weighted by molar-refractivity contribution is 7.99. The van der Waals surface area contributed by atoms with Crippen molar-refractivity contribution in [1.29, 1.82) is 0 Å². The molecule has 0 radical (unpaired) electrons. The van der Waals surface area contributed by atoms with Crippen LogP contribution in [0.1, 0.15) is 33.6 Å². The fourth-order valence-electron chi connectivity index (χ4n) is 3.46. The van der Waals surface area contributed by atoms with E-state index in [-0.39, 0.29) is 17.4 Å². The summed E-state index contributed by atoms with van der Waals surface area (Å²) < 4.78 is 11.8. The van der Waals surface area contributed by atoms with Gasteiger partial charge in [0.2, 0.25) is 0 Å². The highest BCUT2D eigenvalue weighted by Gasteiger charge is 2.36. The van der Waals surface area contributed by atoms with Gasteiger partial charge in [-0.3, -0.25) is 4.99 Å². The second-order valence-corrected chi connectivity index (χ2v) is 9.79. The minimum atomic E-state index is -1.02. The number of aliphatic hydroxyl groups is 1. The molecule has 2 heterocycles. The predicted molar refractivity (Wildman–Crippen MR) is 130 cm³/mol. The monoisotopic (exact) mass is 462 g/mol. The van der Waals surface area contributed by atoms with Gasteiger partial charge in [-0.1, -0.05) is 36.0 Å². The smallest absolute Gasteiger partial charge is 0.188 e. The molecule has 0 bridgehead atoms. The van der Waals surface area contributed by atoms with Crippen molar-refractivity contribution in [2.45, 2.75) is 55.6 Å². The molecule has 0 saturated carbocycles. The lowest BCUT2D eigenvalue weighted by Crippen LogP contribution is -2.30. The van der Waals surface area contributed by atoms with Gasteiger partial charge >= 0.3 is 0 Å². The van der Waals surface area contributed by atoms with E-state index in [1.807, 2.05) is 43.3 Å². The summed E-state index contributed by atoms with van der Waals surface area (Å²) in [6, 6.07) is 7.50. The molecule has 2 aliphatic rings. The Kier molecular flexibility index (Phi) is 8.39. The van der Waals surface area contributed by atoms with Crippen LogP contribution in [0.3, 0.4) is 0 Å². The molecular formula is C24H31ClN2O3S. The molecular weight excluding hydrogens is 432 g/mol. The number of thioether (sulfide) groups is 1. The SMILES string of the molecule is C=C(C=CC(=NCC)C(C)(C)O)C1N=C(C2CCOCC2)OC1Sc1ccc(Cl)cc1. The van der Waals surface area contributed by atoms with Gasteiger partial charge in [0, 0.05) is 35.6 Å². The molecule has 1 aromatic carbocycles. The summed E-state index contributed by atoms with van der Waals surface area (Å²) in [5.74, 6) is 1.07. The van der Waals surface area contributed by atoms with E-state index < -0.39 is 5.60 Å². The van der Waals surface area contributed by atoms with Gasteiger partial charge in [0.05, 0.1) is 5.71 Å². The summed E-state index contributed by atoms with van der Waals surface area (Å²) in [4.78, 5) is 10.4. The van der Waals surface area contributed by atoms with Gasteiger partial charge in [0.25, 0.3) is 0 Å². The number of hydrogen-bond donors (Lipinski definition) is 1. The zero-order valence-corrected chi connectivity index (χ0v) is 20.0. The minimum Gasteiger partial charge on any atom is -0.464 e. The third-order valence-electron chi connectivity index (χ3n) is 5.19. The van der Waals surface area contributed by atoms with Crippen molar-refractivity contribution in [3.63, 3.8) is 0 Å². The standard InChI is InChI=1S/C24H31ClN2O3S/c1-5-26-20(24(3,4)28)11-6-16(2)21-23(31-19-9-7-18(25)8-10-19)30-22(27-21)17-12-14-29-15-13-17/h6-11,17,21,23,28H,2,5,12-15H2,1,3-4H3. The Balaban J connectivity index is 1.81. The molecule has 1 aromatic rings. The molecule has 5 nitrogen and oxygen atoms in total. The molecule has 0 spiro atoms. The van der Waals surface area contributed by atoms with E-state index in [9.17, 15) is 5.11 Å². The van der Waals surface area contributed by atoms with Crippen LogP contribution in [0.5, 0.6) is 0 Å². The van der Waals surface area contributed by atoms with Crippen LogP contribution in [0.2, 0.25) is 5.02 Å². The summed E-state index contributed by atoms with van der Waals surface area (Å²) in [5, 5.41) is 11.1. The van der Waals surface area contributed by atoms with Crippen LogP contribution in [0.25, 0.3) is 0 Å². The second kappa shape index (κ2) is 10.8. The van der Waals surface area contributed by atoms with E-state index in [1.165, 1.54) is 0 Å². The summed E-state index contributed by atoms with van der Waals surface area (Å²) in [5.41, 5.74) is 0.199. The van der Waals surface area contributed by atoms with E-state index >= 15 is 0 Å². The fourth-order valence-corrected chi connectivity index (χ4v) is 4.66. The number of ether oxygens (including phenoxy) is 2. The molecule has 168 valence electrons. The minimum absolute atomic E-state index is 0.218. The van der Waals surface area contributed by atoms with Crippen LogP contribution in [-0.2, 0) is 9.47 Å². The molecule has 2 unspecified atom stereocenters. The number of aliphatic imine (C=N–C) groups is 2. The maximum atomic E-state index is 10.4. The zero-order chi connectivity index (χ0) is 22.4. The van der Waals surface area contributed by atoms with Gasteiger partial charge in [-0.05, 0) is 69.5 Å². The van der Waals surface area contributed by atoms with Crippen molar-refractivity contribution in [2.24, 2.45) is 15.9 Å². The van der Waals surface area contributed by atoms with Crippen molar-refractivity contribution in [2.75, 3.05) is 19.8 Å². The van der Waals surface area contributed by atoms with Crippen LogP contribution in [0.15, 0.2) is 63.4 Å². The van der Waals surface area contributed by atoms with Gasteiger partial charge in [-0.2, -0.15) is 0 Å². The normalized spacial score (nSPS) is 23.1. The maximum Gasteiger partial charge on any atom is 0.188 e. The quantitative estimate of drug-likeness (QED) is 0.419. The van der Waals surface area contributed by atoms with E-state index in [1.54, 1.807) is 25.6 Å². The molecule has 7 heteroatoms. The first-order chi connectivity index (χ1) is 14.8. The largest absolute Gasteiger partial charge is 0.464 e. The number of hydrogen-bond acceptors (Lipinski definition) is 6. The molecule has 1 N–H and O–H groups in total. The Labute approximate surface area is 194 Å². The number of rotatable bonds is 8. The molecule has 2 aliphatic heterocycles. The average molecular weight is 463 g/mol. The van der Waals surface area contributed by atoms with Gasteiger partial charge in [-0.15, -0.1) is 0 Å².